The molecule has 4 unspecified atom stereocenters. The number of benzene rings is 3. The number of phenols is 1. The maximum absolute atomic E-state index is 13.7. The molecule has 246 valence electrons. The molecule has 4 amide bonds. The van der Waals surface area contributed by atoms with Gasteiger partial charge in [0.2, 0.25) is 23.6 Å². The van der Waals surface area contributed by atoms with E-state index < -0.39 is 53.8 Å². The number of carbonyl (C=O) groups excluding carboxylic acids is 4. The van der Waals surface area contributed by atoms with Gasteiger partial charge in [-0.25, -0.2) is 4.79 Å². The van der Waals surface area contributed by atoms with Crippen molar-refractivity contribution in [1.82, 2.24) is 20.9 Å². The second-order valence-corrected chi connectivity index (χ2v) is 11.3. The average molecular weight is 643 g/mol. The number of aromatic hydroxyl groups is 1. The largest absolute Gasteiger partial charge is 0.508 e. The molecule has 4 aromatic rings. The van der Waals surface area contributed by atoms with Gasteiger partial charge in [0, 0.05) is 36.4 Å². The van der Waals surface area contributed by atoms with E-state index in [1.807, 2.05) is 54.6 Å². The molecular formula is C34H38N6O7. The monoisotopic (exact) mass is 642 g/mol. The normalized spacial score (nSPS) is 13.6. The van der Waals surface area contributed by atoms with Crippen LogP contribution in [-0.4, -0.2) is 69.0 Å². The summed E-state index contributed by atoms with van der Waals surface area (Å²) in [6.07, 6.45) is 1.37. The molecule has 0 saturated heterocycles. The first-order chi connectivity index (χ1) is 22.5. The Hall–Kier alpha value is -5.69. The Balaban J connectivity index is 1.55. The molecule has 0 aliphatic heterocycles. The van der Waals surface area contributed by atoms with E-state index in [4.69, 9.17) is 11.5 Å². The van der Waals surface area contributed by atoms with Gasteiger partial charge in [-0.15, -0.1) is 0 Å². The van der Waals surface area contributed by atoms with Gasteiger partial charge < -0.3 is 42.6 Å². The van der Waals surface area contributed by atoms with Crippen molar-refractivity contribution in [2.45, 2.75) is 56.3 Å². The average Bonchev–Trinajstić information content (AvgIpc) is 3.46. The molecule has 0 spiro atoms. The number of rotatable bonds is 16. The molecule has 1 heterocycles. The van der Waals surface area contributed by atoms with Gasteiger partial charge in [-0.1, -0.05) is 60.7 Å². The summed E-state index contributed by atoms with van der Waals surface area (Å²) in [5.41, 5.74) is 14.3. The van der Waals surface area contributed by atoms with E-state index in [-0.39, 0.29) is 37.9 Å². The zero-order valence-electron chi connectivity index (χ0n) is 25.5. The summed E-state index contributed by atoms with van der Waals surface area (Å²) < 4.78 is 0. The predicted octanol–water partition coefficient (Wildman–Crippen LogP) is 1.03. The number of nitrogens with one attached hydrogen (secondary N) is 4. The minimum absolute atomic E-state index is 0.00479. The number of primary amides is 1. The van der Waals surface area contributed by atoms with Gasteiger partial charge in [-0.2, -0.15) is 0 Å². The molecule has 4 atom stereocenters. The number of amides is 4. The molecule has 0 fully saturated rings. The SMILES string of the molecule is NC(=O)CCC(NC(=O)C(N)Cc1ccccc1)C(=O)NC(Cc1c[nH]c2ccccc12)C(=O)NC(Cc1ccc(O)cc1)C(=O)O. The van der Waals surface area contributed by atoms with Gasteiger partial charge in [0.25, 0.3) is 0 Å². The van der Waals surface area contributed by atoms with Crippen LogP contribution < -0.4 is 27.4 Å². The van der Waals surface area contributed by atoms with Crippen molar-refractivity contribution in [2.24, 2.45) is 11.5 Å². The van der Waals surface area contributed by atoms with Crippen molar-refractivity contribution in [2.75, 3.05) is 0 Å². The number of carbonyl (C=O) groups is 5. The number of nitrogens with two attached hydrogens (primary N) is 2. The van der Waals surface area contributed by atoms with Crippen LogP contribution in [0.4, 0.5) is 0 Å². The Morgan fingerprint density at radius 2 is 1.30 bits per heavy atom. The van der Waals surface area contributed by atoms with Gasteiger partial charge in [0.15, 0.2) is 0 Å². The lowest BCUT2D eigenvalue weighted by molar-refractivity contribution is -0.142. The minimum Gasteiger partial charge on any atom is -0.508 e. The van der Waals surface area contributed by atoms with Crippen LogP contribution in [0.2, 0.25) is 0 Å². The minimum atomic E-state index is -1.37. The highest BCUT2D eigenvalue weighted by atomic mass is 16.4. The molecule has 10 N–H and O–H groups in total. The third kappa shape index (κ3) is 9.90. The molecule has 0 aliphatic rings. The van der Waals surface area contributed by atoms with Crippen LogP contribution in [-0.2, 0) is 43.2 Å². The summed E-state index contributed by atoms with van der Waals surface area (Å²) in [6.45, 7) is 0. The maximum Gasteiger partial charge on any atom is 0.326 e. The van der Waals surface area contributed by atoms with Gasteiger partial charge in [-0.3, -0.25) is 19.2 Å². The Kier molecular flexibility index (Phi) is 11.7. The van der Waals surface area contributed by atoms with E-state index in [0.29, 0.717) is 11.1 Å². The fourth-order valence-electron chi connectivity index (χ4n) is 5.14. The van der Waals surface area contributed by atoms with Crippen LogP contribution in [0.3, 0.4) is 0 Å². The lowest BCUT2D eigenvalue weighted by atomic mass is 10.0. The van der Waals surface area contributed by atoms with E-state index in [0.717, 1.165) is 16.5 Å². The number of fused-ring (bicyclic) bond motifs is 1. The summed E-state index contributed by atoms with van der Waals surface area (Å²) in [5.74, 6) is -4.20. The fraction of sp³-hybridized carbons (Fsp3) is 0.265. The summed E-state index contributed by atoms with van der Waals surface area (Å²) in [6, 6.07) is 17.4. The van der Waals surface area contributed by atoms with Crippen molar-refractivity contribution in [1.29, 1.82) is 0 Å². The van der Waals surface area contributed by atoms with Crippen LogP contribution in [0.5, 0.6) is 5.75 Å². The highest BCUT2D eigenvalue weighted by Gasteiger charge is 2.31. The molecule has 47 heavy (non-hydrogen) atoms. The van der Waals surface area contributed by atoms with Crippen LogP contribution in [0.1, 0.15) is 29.5 Å². The zero-order chi connectivity index (χ0) is 33.9. The zero-order valence-corrected chi connectivity index (χ0v) is 25.5. The first-order valence-electron chi connectivity index (χ1n) is 15.0. The second kappa shape index (κ2) is 16.0. The molecule has 3 aromatic carbocycles. The number of carboxylic acids is 1. The maximum atomic E-state index is 13.7. The number of para-hydroxylation sites is 1. The van der Waals surface area contributed by atoms with E-state index in [2.05, 4.69) is 20.9 Å². The molecule has 1 aromatic heterocycles. The number of carboxylic acid groups (broad SMARTS) is 1. The highest BCUT2D eigenvalue weighted by Crippen LogP contribution is 2.20. The molecular weight excluding hydrogens is 604 g/mol. The van der Waals surface area contributed by atoms with Gasteiger partial charge in [0.1, 0.15) is 23.9 Å². The van der Waals surface area contributed by atoms with Crippen molar-refractivity contribution in [3.63, 3.8) is 0 Å². The fourth-order valence-corrected chi connectivity index (χ4v) is 5.14. The molecule has 0 aliphatic carbocycles. The predicted molar refractivity (Wildman–Crippen MR) is 174 cm³/mol. The Labute approximate surface area is 270 Å². The molecule has 4 rings (SSSR count). The first kappa shape index (κ1) is 34.2. The molecule has 13 nitrogen and oxygen atoms in total. The summed E-state index contributed by atoms with van der Waals surface area (Å²) in [5, 5.41) is 28.0. The Bertz CT molecular complexity index is 1710. The first-order valence-corrected chi connectivity index (χ1v) is 15.0. The van der Waals surface area contributed by atoms with E-state index in [1.54, 1.807) is 6.20 Å². The second-order valence-electron chi connectivity index (χ2n) is 11.3. The summed E-state index contributed by atoms with van der Waals surface area (Å²) in [4.78, 5) is 67.3. The Morgan fingerprint density at radius 1 is 0.702 bits per heavy atom. The number of H-pyrrole nitrogens is 1. The lowest BCUT2D eigenvalue weighted by Crippen LogP contribution is -2.58. The van der Waals surface area contributed by atoms with Crippen LogP contribution in [0.15, 0.2) is 85.1 Å². The van der Waals surface area contributed by atoms with Crippen LogP contribution in [0.25, 0.3) is 10.9 Å². The third-order valence-electron chi connectivity index (χ3n) is 7.67. The van der Waals surface area contributed by atoms with Crippen LogP contribution in [0, 0.1) is 0 Å². The number of phenolic OH excluding ortho intramolecular Hbond substituents is 1. The van der Waals surface area contributed by atoms with Crippen molar-refractivity contribution < 1.29 is 34.2 Å². The third-order valence-corrected chi connectivity index (χ3v) is 7.67. The number of aromatic nitrogens is 1. The number of aliphatic carboxylic acids is 1. The summed E-state index contributed by atoms with van der Waals surface area (Å²) in [7, 11) is 0. The van der Waals surface area contributed by atoms with Gasteiger partial charge in [0.05, 0.1) is 6.04 Å². The standard InChI is InChI=1S/C34H38N6O7/c35-25(16-20-6-2-1-3-7-20)31(43)38-27(14-15-30(36)42)32(44)39-28(18-22-19-37-26-9-5-4-8-24(22)26)33(45)40-29(34(46)47)17-21-10-12-23(41)13-11-21/h1-13,19,25,27-29,37,41H,14-18,35H2,(H2,36,42)(H,38,43)(H,39,44)(H,40,45)(H,46,47). The molecule has 0 bridgehead atoms. The number of hydrogen-bond donors (Lipinski definition) is 8. The lowest BCUT2D eigenvalue weighted by Gasteiger charge is -2.25. The molecule has 13 heteroatoms. The van der Waals surface area contributed by atoms with Crippen molar-refractivity contribution in [3.8, 4) is 5.75 Å². The molecule has 0 saturated carbocycles. The van der Waals surface area contributed by atoms with Crippen molar-refractivity contribution in [3.05, 3.63) is 102 Å². The van der Waals surface area contributed by atoms with E-state index in [1.165, 1.54) is 24.3 Å². The van der Waals surface area contributed by atoms with E-state index in [9.17, 15) is 34.2 Å². The molecule has 0 radical (unpaired) electrons. The number of hydrogen-bond acceptors (Lipinski definition) is 7. The van der Waals surface area contributed by atoms with E-state index >= 15 is 0 Å². The topological polar surface area (TPSA) is 230 Å². The Morgan fingerprint density at radius 3 is 1.98 bits per heavy atom. The van der Waals surface area contributed by atoms with Crippen LogP contribution >= 0.6 is 0 Å². The number of aromatic amines is 1. The summed E-state index contributed by atoms with van der Waals surface area (Å²) >= 11 is 0. The smallest absolute Gasteiger partial charge is 0.326 e. The highest BCUT2D eigenvalue weighted by molar-refractivity contribution is 5.95. The quantitative estimate of drug-likeness (QED) is 0.0878. The van der Waals surface area contributed by atoms with Crippen molar-refractivity contribution >= 4 is 40.5 Å². The van der Waals surface area contributed by atoms with Gasteiger partial charge >= 0.3 is 5.97 Å². The van der Waals surface area contributed by atoms with Gasteiger partial charge in [-0.05, 0) is 47.7 Å².